The number of carboxylic acid groups (broad SMARTS) is 1. The molecule has 13 heteroatoms. The van der Waals surface area contributed by atoms with Crippen LogP contribution in [-0.4, -0.2) is 91.3 Å². The van der Waals surface area contributed by atoms with Gasteiger partial charge in [-0.25, -0.2) is 9.78 Å². The summed E-state index contributed by atoms with van der Waals surface area (Å²) >= 11 is 13.2. The minimum atomic E-state index is -1.32. The van der Waals surface area contributed by atoms with Gasteiger partial charge in [0.05, 0.1) is 34.2 Å². The molecule has 3 aliphatic rings. The quantitative estimate of drug-likeness (QED) is 0.133. The summed E-state index contributed by atoms with van der Waals surface area (Å²) in [7, 11) is 5.81. The minimum Gasteiger partial charge on any atom is -0.477 e. The molecule has 3 aromatic rings. The number of anilines is 2. The van der Waals surface area contributed by atoms with Crippen molar-refractivity contribution < 1.29 is 19.4 Å². The highest BCUT2D eigenvalue weighted by atomic mass is 35.5. The summed E-state index contributed by atoms with van der Waals surface area (Å²) < 4.78 is 7.80. The average molecular weight is 668 g/mol. The predicted molar refractivity (Wildman–Crippen MR) is 180 cm³/mol. The number of nitrogens with zero attached hydrogens (tertiary/aromatic N) is 5. The van der Waals surface area contributed by atoms with Crippen LogP contribution in [0.3, 0.4) is 0 Å². The average Bonchev–Trinajstić information content (AvgIpc) is 3.67. The largest absolute Gasteiger partial charge is 0.477 e. The summed E-state index contributed by atoms with van der Waals surface area (Å²) in [6.07, 6.45) is 9.54. The number of nitrogens with one attached hydrogen (secondary N) is 1. The Morgan fingerprint density at radius 3 is 2.63 bits per heavy atom. The maximum Gasteiger partial charge on any atom is 0.341 e. The fraction of sp³-hybridized carbons (Fsp3) is 0.394. The molecule has 1 aromatic carbocycles. The molecular formula is C33H36Cl2N6O5. The summed E-state index contributed by atoms with van der Waals surface area (Å²) in [4.78, 5) is 47.5. The first-order chi connectivity index (χ1) is 22.0. The van der Waals surface area contributed by atoms with E-state index in [-0.39, 0.29) is 27.4 Å². The zero-order chi connectivity index (χ0) is 32.7. The van der Waals surface area contributed by atoms with Crippen LogP contribution in [0, 0.1) is 5.41 Å². The van der Waals surface area contributed by atoms with E-state index < -0.39 is 11.4 Å². The van der Waals surface area contributed by atoms with Crippen molar-refractivity contribution in [1.29, 1.82) is 0 Å². The number of carbonyl (C=O) groups is 2. The number of allylic oxidation sites excluding steroid dienone is 3. The van der Waals surface area contributed by atoms with E-state index in [2.05, 4.69) is 39.1 Å². The Bertz CT molecular complexity index is 1790. The van der Waals surface area contributed by atoms with Crippen LogP contribution in [0.2, 0.25) is 5.02 Å². The number of aromatic carboxylic acids is 1. The van der Waals surface area contributed by atoms with E-state index in [0.717, 1.165) is 50.4 Å². The molecule has 46 heavy (non-hydrogen) atoms. The number of fused-ring (bicyclic) bond motifs is 1. The summed E-state index contributed by atoms with van der Waals surface area (Å²) in [6, 6.07) is 7.64. The van der Waals surface area contributed by atoms with Gasteiger partial charge >= 0.3 is 5.97 Å². The van der Waals surface area contributed by atoms with Crippen molar-refractivity contribution in [2.24, 2.45) is 5.41 Å². The molecule has 3 fully saturated rings. The number of likely N-dealkylation sites (N-methyl/N-ethyl adjacent to an activating group) is 1. The molecule has 2 saturated heterocycles. The lowest BCUT2D eigenvalue weighted by Gasteiger charge is -2.43. The molecule has 1 saturated carbocycles. The second-order valence-corrected chi connectivity index (χ2v) is 13.3. The molecule has 1 unspecified atom stereocenters. The summed E-state index contributed by atoms with van der Waals surface area (Å²) in [5.74, 6) is -0.133. The normalized spacial score (nSPS) is 19.6. The molecule has 0 amide bonds. The number of halogens is 2. The van der Waals surface area contributed by atoms with Gasteiger partial charge in [-0.3, -0.25) is 9.59 Å². The Morgan fingerprint density at radius 1 is 1.26 bits per heavy atom. The predicted octanol–water partition coefficient (Wildman–Crippen LogP) is 4.25. The van der Waals surface area contributed by atoms with E-state index in [9.17, 15) is 19.5 Å². The first kappa shape index (κ1) is 31.9. The molecule has 2 N–H and O–H groups in total. The number of benzene rings is 1. The highest BCUT2D eigenvalue weighted by molar-refractivity contribution is 6.34. The van der Waals surface area contributed by atoms with Gasteiger partial charge in [-0.2, -0.15) is 0 Å². The van der Waals surface area contributed by atoms with Gasteiger partial charge in [0, 0.05) is 44.3 Å². The highest BCUT2D eigenvalue weighted by Gasteiger charge is 2.52. The van der Waals surface area contributed by atoms with Gasteiger partial charge in [-0.1, -0.05) is 23.2 Å². The number of carbonyl (C=O) groups excluding carboxylic acids is 1. The minimum absolute atomic E-state index is 0.0535. The smallest absolute Gasteiger partial charge is 0.341 e. The van der Waals surface area contributed by atoms with Crippen LogP contribution in [0.5, 0.6) is 0 Å². The number of ether oxygens (including phenoxy) is 1. The van der Waals surface area contributed by atoms with Crippen molar-refractivity contribution in [3.63, 3.8) is 0 Å². The van der Waals surface area contributed by atoms with Crippen LogP contribution >= 0.6 is 23.2 Å². The molecule has 2 aromatic heterocycles. The number of aldehydes is 1. The fourth-order valence-corrected chi connectivity index (χ4v) is 6.87. The van der Waals surface area contributed by atoms with Crippen molar-refractivity contribution in [3.05, 3.63) is 80.5 Å². The Kier molecular flexibility index (Phi) is 8.75. The third-order valence-corrected chi connectivity index (χ3v) is 9.90. The molecule has 1 spiro atoms. The van der Waals surface area contributed by atoms with Crippen molar-refractivity contribution in [2.45, 2.75) is 31.3 Å². The molecular weight excluding hydrogens is 631 g/mol. The molecule has 1 atom stereocenters. The van der Waals surface area contributed by atoms with E-state index >= 15 is 0 Å². The molecule has 1 aliphatic carbocycles. The van der Waals surface area contributed by atoms with Crippen molar-refractivity contribution in [2.75, 3.05) is 57.2 Å². The van der Waals surface area contributed by atoms with Crippen LogP contribution in [0.4, 0.5) is 11.5 Å². The lowest BCUT2D eigenvalue weighted by molar-refractivity contribution is -0.104. The maximum atomic E-state index is 13.4. The summed E-state index contributed by atoms with van der Waals surface area (Å²) in [6.45, 7) is 2.82. The van der Waals surface area contributed by atoms with Crippen molar-refractivity contribution in [1.82, 2.24) is 19.8 Å². The van der Waals surface area contributed by atoms with E-state index in [0.29, 0.717) is 41.0 Å². The van der Waals surface area contributed by atoms with Crippen LogP contribution in [0.15, 0.2) is 64.5 Å². The Morgan fingerprint density at radius 2 is 2.02 bits per heavy atom. The Balaban J connectivity index is 1.37. The van der Waals surface area contributed by atoms with Crippen LogP contribution in [0.25, 0.3) is 16.6 Å². The number of carboxylic acids is 1. The summed E-state index contributed by atoms with van der Waals surface area (Å²) in [5.41, 5.74) is 1.07. The molecule has 2 aliphatic heterocycles. The van der Waals surface area contributed by atoms with Crippen molar-refractivity contribution in [3.8, 4) is 5.69 Å². The molecule has 4 heterocycles. The Labute approximate surface area is 276 Å². The standard InChI is InChI=1S/C33H36Cl2N6O5/c1-36-31(25(34)5-4-10-42)46-18-21-13-33(8-9-33)19-41(21)28-12-27-23(11-26(28)35)30(43)24(32(44)45)17-40(27)20-6-7-29(37-14-20)39-15-22(16-39)38(2)3/h4-7,10-12,14,17,21-22,36H,8-9,13,15-16,18-19H2,1-3H3,(H,44,45)/b5-4-,31-25-. The second kappa shape index (κ2) is 12.6. The molecule has 0 radical (unpaired) electrons. The van der Waals surface area contributed by atoms with E-state index in [1.807, 2.05) is 18.2 Å². The second-order valence-electron chi connectivity index (χ2n) is 12.5. The van der Waals surface area contributed by atoms with Crippen LogP contribution in [0.1, 0.15) is 29.6 Å². The lowest BCUT2D eigenvalue weighted by atomic mass is 10.0. The van der Waals surface area contributed by atoms with Gasteiger partial charge in [0.2, 0.25) is 11.3 Å². The number of hydrogen-bond donors (Lipinski definition) is 2. The monoisotopic (exact) mass is 666 g/mol. The number of hydrogen-bond acceptors (Lipinski definition) is 9. The van der Waals surface area contributed by atoms with Gasteiger partial charge in [0.1, 0.15) is 29.3 Å². The molecule has 0 bridgehead atoms. The SMILES string of the molecule is CN/C(OCC1CC2(CC2)CN1c1cc2c(cc1Cl)c(=O)c(C(=O)O)cn2-c1ccc(N2CC(N(C)C)C2)nc1)=C(Cl)\C=C/C=O. The van der Waals surface area contributed by atoms with Gasteiger partial charge in [0.15, 0.2) is 0 Å². The van der Waals surface area contributed by atoms with Crippen molar-refractivity contribution >= 4 is 57.9 Å². The van der Waals surface area contributed by atoms with Gasteiger partial charge < -0.3 is 34.4 Å². The Hall–Kier alpha value is -4.06. The fourth-order valence-electron chi connectivity index (χ4n) is 6.37. The zero-order valence-corrected chi connectivity index (χ0v) is 27.4. The van der Waals surface area contributed by atoms with E-state index in [4.69, 9.17) is 27.9 Å². The number of rotatable bonds is 11. The lowest BCUT2D eigenvalue weighted by Crippen LogP contribution is -2.57. The van der Waals surface area contributed by atoms with E-state index in [1.54, 1.807) is 23.9 Å². The molecule has 6 rings (SSSR count). The van der Waals surface area contributed by atoms with Crippen LogP contribution < -0.4 is 20.5 Å². The number of pyridine rings is 2. The first-order valence-corrected chi connectivity index (χ1v) is 15.9. The highest BCUT2D eigenvalue weighted by Crippen LogP contribution is 2.56. The van der Waals surface area contributed by atoms with E-state index in [1.165, 1.54) is 18.3 Å². The first-order valence-electron chi connectivity index (χ1n) is 15.1. The van der Waals surface area contributed by atoms with Gasteiger partial charge in [-0.15, -0.1) is 0 Å². The molecule has 11 nitrogen and oxygen atoms in total. The van der Waals surface area contributed by atoms with Crippen LogP contribution in [-0.2, 0) is 9.53 Å². The number of aromatic nitrogens is 2. The van der Waals surface area contributed by atoms with Gasteiger partial charge in [0.25, 0.3) is 0 Å². The maximum absolute atomic E-state index is 13.4. The summed E-state index contributed by atoms with van der Waals surface area (Å²) in [5, 5.41) is 13.7. The topological polar surface area (TPSA) is 120 Å². The molecule has 242 valence electrons. The third-order valence-electron chi connectivity index (χ3n) is 9.30. The third kappa shape index (κ3) is 6.06. The van der Waals surface area contributed by atoms with Gasteiger partial charge in [-0.05, 0) is 75.2 Å². The zero-order valence-electron chi connectivity index (χ0n) is 25.9.